The van der Waals surface area contributed by atoms with Crippen molar-refractivity contribution in [2.75, 3.05) is 44.5 Å². The number of anilines is 2. The SMILES string of the molecule is CN(C)C(=O)COC[C@@H]1C[C@H](n2cc(NC(=O)c3cccc(F)c3)cn2)CN1C(=O)Nc1cccc(F)c1. The monoisotopic (exact) mass is 526 g/mol. The quantitative estimate of drug-likeness (QED) is 0.468. The minimum absolute atomic E-state index is 0.108. The van der Waals surface area contributed by atoms with E-state index in [2.05, 4.69) is 15.7 Å². The molecule has 200 valence electrons. The Morgan fingerprint density at radius 2 is 1.79 bits per heavy atom. The molecule has 1 aliphatic rings. The highest BCUT2D eigenvalue weighted by Gasteiger charge is 2.37. The van der Waals surface area contributed by atoms with Crippen LogP contribution in [0.15, 0.2) is 60.9 Å². The molecule has 0 saturated carbocycles. The van der Waals surface area contributed by atoms with Crippen LogP contribution in [0, 0.1) is 11.6 Å². The highest BCUT2D eigenvalue weighted by molar-refractivity contribution is 6.04. The highest BCUT2D eigenvalue weighted by Crippen LogP contribution is 2.29. The number of nitrogens with zero attached hydrogens (tertiary/aromatic N) is 4. The molecule has 0 unspecified atom stereocenters. The average molecular weight is 527 g/mol. The van der Waals surface area contributed by atoms with Crippen molar-refractivity contribution in [2.45, 2.75) is 18.5 Å². The van der Waals surface area contributed by atoms with Crippen LogP contribution in [0.3, 0.4) is 0 Å². The second-order valence-electron chi connectivity index (χ2n) is 9.11. The zero-order valence-electron chi connectivity index (χ0n) is 20.9. The molecule has 1 aromatic heterocycles. The van der Waals surface area contributed by atoms with Gasteiger partial charge in [0.05, 0.1) is 30.6 Å². The van der Waals surface area contributed by atoms with E-state index in [0.717, 1.165) is 6.07 Å². The Morgan fingerprint density at radius 3 is 2.50 bits per heavy atom. The molecule has 2 atom stereocenters. The van der Waals surface area contributed by atoms with Crippen LogP contribution in [0.4, 0.5) is 25.0 Å². The predicted molar refractivity (Wildman–Crippen MR) is 136 cm³/mol. The maximum absolute atomic E-state index is 13.6. The molecule has 2 heterocycles. The summed E-state index contributed by atoms with van der Waals surface area (Å²) in [5, 5.41) is 9.72. The number of hydrogen-bond donors (Lipinski definition) is 2. The Kier molecular flexibility index (Phi) is 8.31. The first-order valence-corrected chi connectivity index (χ1v) is 11.9. The smallest absolute Gasteiger partial charge is 0.322 e. The largest absolute Gasteiger partial charge is 0.369 e. The number of ether oxygens (including phenoxy) is 1. The summed E-state index contributed by atoms with van der Waals surface area (Å²) in [7, 11) is 3.25. The maximum atomic E-state index is 13.6. The van der Waals surface area contributed by atoms with Gasteiger partial charge in [-0.15, -0.1) is 0 Å². The van der Waals surface area contributed by atoms with Crippen molar-refractivity contribution in [3.8, 4) is 0 Å². The Balaban J connectivity index is 1.45. The summed E-state index contributed by atoms with van der Waals surface area (Å²) < 4.78 is 34.3. The predicted octanol–water partition coefficient (Wildman–Crippen LogP) is 3.37. The van der Waals surface area contributed by atoms with Crippen molar-refractivity contribution in [1.29, 1.82) is 0 Å². The fourth-order valence-electron chi connectivity index (χ4n) is 4.10. The van der Waals surface area contributed by atoms with Crippen LogP contribution in [0.5, 0.6) is 0 Å². The molecule has 10 nitrogen and oxygen atoms in total. The van der Waals surface area contributed by atoms with Crippen molar-refractivity contribution in [1.82, 2.24) is 19.6 Å². The van der Waals surface area contributed by atoms with Crippen LogP contribution in [-0.4, -0.2) is 77.3 Å². The number of nitrogens with one attached hydrogen (secondary N) is 2. The van der Waals surface area contributed by atoms with E-state index in [4.69, 9.17) is 4.74 Å². The molecule has 1 saturated heterocycles. The Hall–Kier alpha value is -4.32. The summed E-state index contributed by atoms with van der Waals surface area (Å²) in [6.07, 6.45) is 3.56. The minimum Gasteiger partial charge on any atom is -0.369 e. The summed E-state index contributed by atoms with van der Waals surface area (Å²) in [5.41, 5.74) is 0.886. The van der Waals surface area contributed by atoms with Crippen molar-refractivity contribution in [2.24, 2.45) is 0 Å². The number of aromatic nitrogens is 2. The number of amides is 4. The minimum atomic E-state index is -0.517. The van der Waals surface area contributed by atoms with Gasteiger partial charge in [0.2, 0.25) is 5.91 Å². The lowest BCUT2D eigenvalue weighted by molar-refractivity contribution is -0.133. The lowest BCUT2D eigenvalue weighted by Gasteiger charge is -2.25. The van der Waals surface area contributed by atoms with Gasteiger partial charge in [-0.25, -0.2) is 13.6 Å². The van der Waals surface area contributed by atoms with E-state index in [-0.39, 0.29) is 37.3 Å². The van der Waals surface area contributed by atoms with Gasteiger partial charge in [-0.1, -0.05) is 12.1 Å². The fourth-order valence-corrected chi connectivity index (χ4v) is 4.10. The van der Waals surface area contributed by atoms with E-state index in [1.807, 2.05) is 0 Å². The molecule has 38 heavy (non-hydrogen) atoms. The topological polar surface area (TPSA) is 109 Å². The summed E-state index contributed by atoms with van der Waals surface area (Å²) in [6.45, 7) is 0.235. The molecule has 0 spiro atoms. The van der Waals surface area contributed by atoms with Gasteiger partial charge in [0.15, 0.2) is 0 Å². The van der Waals surface area contributed by atoms with Crippen LogP contribution in [0.2, 0.25) is 0 Å². The maximum Gasteiger partial charge on any atom is 0.322 e. The summed E-state index contributed by atoms with van der Waals surface area (Å²) in [6, 6.07) is 9.81. The number of urea groups is 1. The average Bonchev–Trinajstić information content (AvgIpc) is 3.51. The second-order valence-corrected chi connectivity index (χ2v) is 9.11. The molecule has 0 aliphatic carbocycles. The molecule has 2 N–H and O–H groups in total. The molecular weight excluding hydrogens is 498 g/mol. The van der Waals surface area contributed by atoms with Crippen LogP contribution in [0.25, 0.3) is 0 Å². The van der Waals surface area contributed by atoms with Crippen LogP contribution in [0.1, 0.15) is 22.8 Å². The zero-order chi connectivity index (χ0) is 27.2. The van der Waals surface area contributed by atoms with E-state index >= 15 is 0 Å². The van der Waals surface area contributed by atoms with Gasteiger partial charge < -0.3 is 25.2 Å². The first-order valence-electron chi connectivity index (χ1n) is 11.9. The van der Waals surface area contributed by atoms with Crippen molar-refractivity contribution in [3.63, 3.8) is 0 Å². The van der Waals surface area contributed by atoms with Crippen LogP contribution >= 0.6 is 0 Å². The molecule has 0 bridgehead atoms. The van der Waals surface area contributed by atoms with Crippen molar-refractivity contribution < 1.29 is 27.9 Å². The number of hydrogen-bond acceptors (Lipinski definition) is 5. The van der Waals surface area contributed by atoms with E-state index in [0.29, 0.717) is 17.8 Å². The second kappa shape index (κ2) is 11.8. The fraction of sp³-hybridized carbons (Fsp3) is 0.308. The molecule has 0 radical (unpaired) electrons. The third-order valence-electron chi connectivity index (χ3n) is 6.08. The summed E-state index contributed by atoms with van der Waals surface area (Å²) >= 11 is 0. The van der Waals surface area contributed by atoms with Crippen molar-refractivity contribution >= 4 is 29.2 Å². The van der Waals surface area contributed by atoms with E-state index in [1.165, 1.54) is 47.5 Å². The molecule has 3 aromatic rings. The summed E-state index contributed by atoms with van der Waals surface area (Å²) in [4.78, 5) is 40.4. The molecule has 1 aliphatic heterocycles. The highest BCUT2D eigenvalue weighted by atomic mass is 19.1. The number of likely N-dealkylation sites (tertiary alicyclic amines) is 1. The lowest BCUT2D eigenvalue weighted by Crippen LogP contribution is -2.41. The van der Waals surface area contributed by atoms with E-state index in [9.17, 15) is 23.2 Å². The van der Waals surface area contributed by atoms with Gasteiger partial charge in [-0.3, -0.25) is 14.3 Å². The van der Waals surface area contributed by atoms with E-state index in [1.54, 1.807) is 35.9 Å². The first-order chi connectivity index (χ1) is 18.2. The Morgan fingerprint density at radius 1 is 1.05 bits per heavy atom. The normalized spacial score (nSPS) is 16.8. The van der Waals surface area contributed by atoms with Crippen molar-refractivity contribution in [3.05, 3.63) is 78.1 Å². The lowest BCUT2D eigenvalue weighted by atomic mass is 10.2. The Bertz CT molecular complexity index is 1310. The summed E-state index contributed by atoms with van der Waals surface area (Å²) in [5.74, 6) is -1.69. The number of likely N-dealkylation sites (N-methyl/N-ethyl adjacent to an activating group) is 1. The first kappa shape index (κ1) is 26.7. The molecule has 4 rings (SSSR count). The van der Waals surface area contributed by atoms with Crippen LogP contribution in [-0.2, 0) is 9.53 Å². The molecule has 1 fully saturated rings. The zero-order valence-corrected chi connectivity index (χ0v) is 20.9. The number of rotatable bonds is 8. The van der Waals surface area contributed by atoms with Gasteiger partial charge in [0, 0.05) is 38.1 Å². The number of benzene rings is 2. The van der Waals surface area contributed by atoms with Gasteiger partial charge in [-0.2, -0.15) is 5.10 Å². The number of carbonyl (C=O) groups is 3. The van der Waals surface area contributed by atoms with Gasteiger partial charge in [0.25, 0.3) is 5.91 Å². The van der Waals surface area contributed by atoms with E-state index < -0.39 is 29.6 Å². The third kappa shape index (κ3) is 6.71. The van der Waals surface area contributed by atoms with Gasteiger partial charge in [-0.05, 0) is 42.8 Å². The number of halogens is 2. The Labute approximate surface area is 218 Å². The number of carbonyl (C=O) groups excluding carboxylic acids is 3. The molecular formula is C26H28F2N6O4. The van der Waals surface area contributed by atoms with Gasteiger partial charge in [0.1, 0.15) is 18.2 Å². The molecule has 2 aromatic carbocycles. The standard InChI is InChI=1S/C26H28F2N6O4/c1-32(2)24(35)16-38-15-23-11-22(14-33(23)26(37)31-20-8-4-7-19(28)10-20)34-13-21(12-29-34)30-25(36)17-5-3-6-18(27)9-17/h3-10,12-13,22-23H,11,14-16H2,1-2H3,(H,30,36)(H,31,37)/t22-,23-/m0/s1. The molecule has 12 heteroatoms. The van der Waals surface area contributed by atoms with Crippen LogP contribution < -0.4 is 10.6 Å². The molecule has 4 amide bonds. The van der Waals surface area contributed by atoms with Gasteiger partial charge >= 0.3 is 6.03 Å². The third-order valence-corrected chi connectivity index (χ3v) is 6.08.